The van der Waals surface area contributed by atoms with Crippen molar-refractivity contribution in [2.75, 3.05) is 6.61 Å². The number of hydrogen-bond donors (Lipinski definition) is 0. The minimum absolute atomic E-state index is 0.439. The maximum atomic E-state index is 6.65. The highest BCUT2D eigenvalue weighted by Crippen LogP contribution is 2.44. The molecule has 0 radical (unpaired) electrons. The van der Waals surface area contributed by atoms with Gasteiger partial charge in [-0.2, -0.15) is 5.10 Å². The molecule has 1 saturated heterocycles. The second-order valence-corrected chi connectivity index (χ2v) is 7.75. The molecule has 1 aliphatic heterocycles. The van der Waals surface area contributed by atoms with E-state index < -0.39 is 5.60 Å². The Balaban J connectivity index is 1.62. The van der Waals surface area contributed by atoms with Crippen molar-refractivity contribution in [2.24, 2.45) is 5.92 Å². The number of nitrogens with zero attached hydrogens (tertiary/aromatic N) is 3. The average Bonchev–Trinajstić information content (AvgIpc) is 3.28. The largest absolute Gasteiger partial charge is 0.457 e. The summed E-state index contributed by atoms with van der Waals surface area (Å²) in [4.78, 5) is 4.03. The van der Waals surface area contributed by atoms with Gasteiger partial charge in [0.25, 0.3) is 0 Å². The molecule has 1 aromatic heterocycles. The molecular formula is C20H19Cl2N3O2. The molecule has 7 heteroatoms. The van der Waals surface area contributed by atoms with Crippen molar-refractivity contribution in [2.45, 2.75) is 25.5 Å². The minimum Gasteiger partial charge on any atom is -0.457 e. The number of benzene rings is 2. The standard InChI is InChI=1S/C20H19Cl2N3O2/c1-14-9-20(26-10-14,11-25-13-23-12-24-25)18-7-6-17(8-19(18)22)27-16-4-2-15(21)3-5-16/h2-8,12-14H,9-11H2,1H3. The molecule has 1 fully saturated rings. The van der Waals surface area contributed by atoms with Crippen LogP contribution in [0.3, 0.4) is 0 Å². The summed E-state index contributed by atoms with van der Waals surface area (Å²) in [6.07, 6.45) is 4.08. The van der Waals surface area contributed by atoms with Crippen molar-refractivity contribution >= 4 is 23.2 Å². The molecule has 0 spiro atoms. The van der Waals surface area contributed by atoms with Crippen LogP contribution >= 0.6 is 23.2 Å². The van der Waals surface area contributed by atoms with Crippen LogP contribution in [0.15, 0.2) is 55.1 Å². The fraction of sp³-hybridized carbons (Fsp3) is 0.300. The lowest BCUT2D eigenvalue weighted by atomic mass is 9.87. The van der Waals surface area contributed by atoms with Gasteiger partial charge in [-0.1, -0.05) is 36.2 Å². The zero-order valence-corrected chi connectivity index (χ0v) is 16.3. The quantitative estimate of drug-likeness (QED) is 0.577. The Morgan fingerprint density at radius 1 is 1.19 bits per heavy atom. The minimum atomic E-state index is -0.525. The normalized spacial score (nSPS) is 22.1. The monoisotopic (exact) mass is 403 g/mol. The summed E-state index contributed by atoms with van der Waals surface area (Å²) >= 11 is 12.6. The van der Waals surface area contributed by atoms with Crippen molar-refractivity contribution in [3.63, 3.8) is 0 Å². The van der Waals surface area contributed by atoms with Gasteiger partial charge in [0.2, 0.25) is 0 Å². The number of hydrogen-bond acceptors (Lipinski definition) is 4. The Hall–Kier alpha value is -2.08. The van der Waals surface area contributed by atoms with Crippen molar-refractivity contribution in [3.05, 3.63) is 70.7 Å². The molecule has 2 atom stereocenters. The lowest BCUT2D eigenvalue weighted by molar-refractivity contribution is -0.0175. The maximum Gasteiger partial charge on any atom is 0.137 e. The first-order valence-electron chi connectivity index (χ1n) is 8.74. The summed E-state index contributed by atoms with van der Waals surface area (Å²) in [5.74, 6) is 1.80. The van der Waals surface area contributed by atoms with Crippen LogP contribution in [0.5, 0.6) is 11.5 Å². The van der Waals surface area contributed by atoms with Gasteiger partial charge >= 0.3 is 0 Å². The molecule has 140 valence electrons. The Kier molecular flexibility index (Phi) is 5.08. The van der Waals surface area contributed by atoms with E-state index in [4.69, 9.17) is 32.7 Å². The first-order valence-corrected chi connectivity index (χ1v) is 9.49. The predicted octanol–water partition coefficient (Wildman–Crippen LogP) is 5.33. The van der Waals surface area contributed by atoms with Gasteiger partial charge in [-0.05, 0) is 48.7 Å². The topological polar surface area (TPSA) is 49.2 Å². The Bertz CT molecular complexity index is 915. The van der Waals surface area contributed by atoms with Gasteiger partial charge in [-0.25, -0.2) is 9.67 Å². The van der Waals surface area contributed by atoms with E-state index in [9.17, 15) is 0 Å². The lowest BCUT2D eigenvalue weighted by Crippen LogP contribution is -2.31. The van der Waals surface area contributed by atoms with Gasteiger partial charge in [-0.15, -0.1) is 0 Å². The van der Waals surface area contributed by atoms with Crippen LogP contribution in [0.4, 0.5) is 0 Å². The molecule has 0 bridgehead atoms. The summed E-state index contributed by atoms with van der Waals surface area (Å²) < 4.78 is 13.9. The van der Waals surface area contributed by atoms with E-state index in [1.165, 1.54) is 6.33 Å². The summed E-state index contributed by atoms with van der Waals surface area (Å²) in [5.41, 5.74) is 0.413. The summed E-state index contributed by atoms with van der Waals surface area (Å²) in [6.45, 7) is 3.43. The van der Waals surface area contributed by atoms with Gasteiger partial charge in [0.05, 0.1) is 18.2 Å². The molecule has 5 nitrogen and oxygen atoms in total. The second kappa shape index (κ2) is 7.50. The molecule has 0 amide bonds. The molecule has 0 saturated carbocycles. The molecule has 0 N–H and O–H groups in total. The summed E-state index contributed by atoms with van der Waals surface area (Å²) in [7, 11) is 0. The van der Waals surface area contributed by atoms with Crippen LogP contribution in [0.2, 0.25) is 10.0 Å². The van der Waals surface area contributed by atoms with E-state index in [2.05, 4.69) is 17.0 Å². The molecule has 3 aromatic rings. The summed E-state index contributed by atoms with van der Waals surface area (Å²) in [6, 6.07) is 12.9. The highest BCUT2D eigenvalue weighted by molar-refractivity contribution is 6.31. The van der Waals surface area contributed by atoms with Gasteiger partial charge < -0.3 is 9.47 Å². The molecule has 27 heavy (non-hydrogen) atoms. The third-order valence-corrected chi connectivity index (χ3v) is 5.25. The Labute approximate surface area is 167 Å². The number of ether oxygens (including phenoxy) is 2. The smallest absolute Gasteiger partial charge is 0.137 e. The van der Waals surface area contributed by atoms with Crippen LogP contribution in [0.1, 0.15) is 18.9 Å². The van der Waals surface area contributed by atoms with Crippen molar-refractivity contribution in [1.82, 2.24) is 14.8 Å². The van der Waals surface area contributed by atoms with E-state index in [-0.39, 0.29) is 0 Å². The molecule has 1 aliphatic rings. The average molecular weight is 404 g/mol. The molecule has 4 rings (SSSR count). The van der Waals surface area contributed by atoms with Crippen LogP contribution in [0, 0.1) is 5.92 Å². The number of halogens is 2. The van der Waals surface area contributed by atoms with Gasteiger partial charge in [-0.3, -0.25) is 0 Å². The van der Waals surface area contributed by atoms with E-state index >= 15 is 0 Å². The molecule has 0 aliphatic carbocycles. The van der Waals surface area contributed by atoms with E-state index in [0.717, 1.165) is 12.0 Å². The van der Waals surface area contributed by atoms with Crippen LogP contribution in [-0.4, -0.2) is 21.4 Å². The van der Waals surface area contributed by atoms with Gasteiger partial charge in [0.15, 0.2) is 0 Å². The molecular weight excluding hydrogens is 385 g/mol. The fourth-order valence-electron chi connectivity index (χ4n) is 3.51. The Morgan fingerprint density at radius 2 is 1.96 bits per heavy atom. The third-order valence-electron chi connectivity index (χ3n) is 4.69. The maximum absolute atomic E-state index is 6.65. The van der Waals surface area contributed by atoms with Crippen LogP contribution in [0.25, 0.3) is 0 Å². The second-order valence-electron chi connectivity index (χ2n) is 6.91. The molecule has 2 unspecified atom stereocenters. The van der Waals surface area contributed by atoms with Crippen molar-refractivity contribution in [1.29, 1.82) is 0 Å². The SMILES string of the molecule is CC1COC(Cn2cncn2)(c2ccc(Oc3ccc(Cl)cc3)cc2Cl)C1. The lowest BCUT2D eigenvalue weighted by Gasteiger charge is -2.30. The zero-order chi connectivity index (χ0) is 18.9. The first kappa shape index (κ1) is 18.3. The van der Waals surface area contributed by atoms with E-state index in [0.29, 0.717) is 40.6 Å². The molecule has 2 heterocycles. The number of rotatable bonds is 5. The summed E-state index contributed by atoms with van der Waals surface area (Å²) in [5, 5.41) is 5.50. The third kappa shape index (κ3) is 3.95. The molecule has 2 aromatic carbocycles. The van der Waals surface area contributed by atoms with Crippen LogP contribution in [-0.2, 0) is 16.9 Å². The Morgan fingerprint density at radius 3 is 2.59 bits per heavy atom. The highest BCUT2D eigenvalue weighted by Gasteiger charge is 2.42. The number of aromatic nitrogens is 3. The zero-order valence-electron chi connectivity index (χ0n) is 14.8. The predicted molar refractivity (Wildman–Crippen MR) is 104 cm³/mol. The van der Waals surface area contributed by atoms with E-state index in [1.807, 2.05) is 30.3 Å². The fourth-order valence-corrected chi connectivity index (χ4v) is 3.98. The van der Waals surface area contributed by atoms with Crippen molar-refractivity contribution < 1.29 is 9.47 Å². The van der Waals surface area contributed by atoms with Crippen molar-refractivity contribution in [3.8, 4) is 11.5 Å². The van der Waals surface area contributed by atoms with Gasteiger partial charge in [0, 0.05) is 10.6 Å². The highest BCUT2D eigenvalue weighted by atomic mass is 35.5. The van der Waals surface area contributed by atoms with E-state index in [1.54, 1.807) is 23.1 Å². The van der Waals surface area contributed by atoms with Gasteiger partial charge in [0.1, 0.15) is 29.8 Å². The first-order chi connectivity index (χ1) is 13.0. The van der Waals surface area contributed by atoms with Crippen LogP contribution < -0.4 is 4.74 Å².